The SMILES string of the molecule is CC(=O)Nc1nc2c(s1)-c1c(c(-c3ccc(C)nc3)nn1-c1cc(F)c(C=N)c(F)c1)CC2. The van der Waals surface area contributed by atoms with Crippen LogP contribution in [-0.4, -0.2) is 31.9 Å². The monoisotopic (exact) mass is 464 g/mol. The fraction of sp³-hybridized carbons (Fsp3) is 0.174. The molecule has 1 amide bonds. The molecule has 0 saturated carbocycles. The van der Waals surface area contributed by atoms with E-state index in [1.807, 2.05) is 19.1 Å². The molecule has 3 heterocycles. The van der Waals surface area contributed by atoms with Gasteiger partial charge in [-0.25, -0.2) is 18.4 Å². The zero-order valence-corrected chi connectivity index (χ0v) is 18.6. The minimum atomic E-state index is -0.845. The average molecular weight is 465 g/mol. The summed E-state index contributed by atoms with van der Waals surface area (Å²) in [7, 11) is 0. The maximum absolute atomic E-state index is 14.5. The molecule has 0 atom stereocenters. The molecule has 4 aromatic rings. The molecule has 0 radical (unpaired) electrons. The summed E-state index contributed by atoms with van der Waals surface area (Å²) < 4.78 is 30.6. The molecule has 3 aromatic heterocycles. The molecular weight excluding hydrogens is 446 g/mol. The fourth-order valence-electron chi connectivity index (χ4n) is 3.93. The maximum atomic E-state index is 14.5. The van der Waals surface area contributed by atoms with Crippen LogP contribution in [0.3, 0.4) is 0 Å². The quantitative estimate of drug-likeness (QED) is 0.428. The Morgan fingerprint density at radius 1 is 1.24 bits per heavy atom. The highest BCUT2D eigenvalue weighted by molar-refractivity contribution is 7.19. The van der Waals surface area contributed by atoms with Crippen LogP contribution in [0.1, 0.15) is 29.4 Å². The number of anilines is 1. The van der Waals surface area contributed by atoms with E-state index in [1.165, 1.54) is 22.9 Å². The highest BCUT2D eigenvalue weighted by atomic mass is 32.1. The summed E-state index contributed by atoms with van der Waals surface area (Å²) in [6.45, 7) is 3.30. The van der Waals surface area contributed by atoms with Gasteiger partial charge in [-0.15, -0.1) is 0 Å². The number of aryl methyl sites for hydroxylation is 2. The van der Waals surface area contributed by atoms with Crippen molar-refractivity contribution in [2.24, 2.45) is 0 Å². The Labute approximate surface area is 191 Å². The molecular formula is C23H18F2N6OS. The predicted octanol–water partition coefficient (Wildman–Crippen LogP) is 4.70. The number of fused-ring (bicyclic) bond motifs is 3. The molecule has 1 aliphatic carbocycles. The zero-order valence-electron chi connectivity index (χ0n) is 17.7. The minimum Gasteiger partial charge on any atom is -0.308 e. The lowest BCUT2D eigenvalue weighted by Gasteiger charge is -2.14. The van der Waals surface area contributed by atoms with Gasteiger partial charge in [0.1, 0.15) is 11.6 Å². The number of hydrogen-bond donors (Lipinski definition) is 2. The number of halogens is 2. The van der Waals surface area contributed by atoms with E-state index < -0.39 is 17.2 Å². The summed E-state index contributed by atoms with van der Waals surface area (Å²) in [4.78, 5) is 21.2. The van der Waals surface area contributed by atoms with Crippen molar-refractivity contribution in [2.45, 2.75) is 26.7 Å². The van der Waals surface area contributed by atoms with Gasteiger partial charge in [-0.2, -0.15) is 5.10 Å². The van der Waals surface area contributed by atoms with Gasteiger partial charge in [0.15, 0.2) is 5.13 Å². The minimum absolute atomic E-state index is 0.195. The van der Waals surface area contributed by atoms with Gasteiger partial charge in [0.2, 0.25) is 5.91 Å². The van der Waals surface area contributed by atoms with Crippen LogP contribution < -0.4 is 5.32 Å². The third-order valence-corrected chi connectivity index (χ3v) is 6.45. The van der Waals surface area contributed by atoms with E-state index in [-0.39, 0.29) is 11.6 Å². The van der Waals surface area contributed by atoms with Gasteiger partial charge in [-0.3, -0.25) is 9.78 Å². The average Bonchev–Trinajstić information content (AvgIpc) is 3.34. The molecule has 2 N–H and O–H groups in total. The van der Waals surface area contributed by atoms with Crippen molar-refractivity contribution in [2.75, 3.05) is 5.32 Å². The number of aromatic nitrogens is 4. The summed E-state index contributed by atoms with van der Waals surface area (Å²) in [6, 6.07) is 6.13. The van der Waals surface area contributed by atoms with E-state index in [0.717, 1.165) is 39.5 Å². The standard InChI is InChI=1S/C23H18F2N6OS/c1-11-3-4-13(10-27-11)20-15-5-6-19-22(33-23(29-19)28-12(2)32)21(15)31(30-20)14-7-17(24)16(9-26)18(25)8-14/h3-4,7-10,26H,5-6H2,1-2H3,(H,28,29,32). The van der Waals surface area contributed by atoms with Crippen molar-refractivity contribution in [3.05, 3.63) is 64.6 Å². The maximum Gasteiger partial charge on any atom is 0.223 e. The first-order valence-electron chi connectivity index (χ1n) is 10.2. The molecule has 0 bridgehead atoms. The van der Waals surface area contributed by atoms with Crippen LogP contribution in [0.4, 0.5) is 13.9 Å². The molecule has 1 aromatic carbocycles. The topological polar surface area (TPSA) is 96.6 Å². The van der Waals surface area contributed by atoms with E-state index in [4.69, 9.17) is 10.5 Å². The van der Waals surface area contributed by atoms with E-state index >= 15 is 0 Å². The van der Waals surface area contributed by atoms with E-state index in [9.17, 15) is 13.6 Å². The number of nitrogens with zero attached hydrogens (tertiary/aromatic N) is 4. The molecule has 10 heteroatoms. The molecule has 0 spiro atoms. The highest BCUT2D eigenvalue weighted by Gasteiger charge is 2.30. The second-order valence-electron chi connectivity index (χ2n) is 7.72. The number of carbonyl (C=O) groups excluding carboxylic acids is 1. The Hall–Kier alpha value is -3.79. The van der Waals surface area contributed by atoms with Crippen LogP contribution >= 0.6 is 11.3 Å². The van der Waals surface area contributed by atoms with Crippen molar-refractivity contribution in [1.82, 2.24) is 19.7 Å². The summed E-state index contributed by atoms with van der Waals surface area (Å²) in [5.74, 6) is -1.92. The van der Waals surface area contributed by atoms with Crippen LogP contribution in [-0.2, 0) is 17.6 Å². The first-order valence-corrected chi connectivity index (χ1v) is 11.0. The number of pyridine rings is 1. The van der Waals surface area contributed by atoms with Gasteiger partial charge >= 0.3 is 0 Å². The van der Waals surface area contributed by atoms with Gasteiger partial charge < -0.3 is 10.7 Å². The summed E-state index contributed by atoms with van der Waals surface area (Å²) in [5, 5.41) is 15.2. The fourth-order valence-corrected chi connectivity index (χ4v) is 5.05. The second kappa shape index (κ2) is 7.96. The van der Waals surface area contributed by atoms with Gasteiger partial charge in [-0.05, 0) is 31.9 Å². The van der Waals surface area contributed by atoms with Gasteiger partial charge in [0, 0.05) is 48.3 Å². The predicted molar refractivity (Wildman–Crippen MR) is 122 cm³/mol. The van der Waals surface area contributed by atoms with Crippen LogP contribution in [0.15, 0.2) is 30.5 Å². The molecule has 166 valence electrons. The van der Waals surface area contributed by atoms with Crippen molar-refractivity contribution < 1.29 is 13.6 Å². The van der Waals surface area contributed by atoms with Gasteiger partial charge in [0.05, 0.1) is 33.2 Å². The molecule has 0 aliphatic heterocycles. The lowest BCUT2D eigenvalue weighted by molar-refractivity contribution is -0.114. The third kappa shape index (κ3) is 3.62. The summed E-state index contributed by atoms with van der Waals surface area (Å²) in [5.41, 5.74) is 4.52. The van der Waals surface area contributed by atoms with Crippen LogP contribution in [0.5, 0.6) is 0 Å². The normalized spacial score (nSPS) is 12.2. The largest absolute Gasteiger partial charge is 0.308 e. The summed E-state index contributed by atoms with van der Waals surface area (Å²) >= 11 is 1.30. The number of hydrogen-bond acceptors (Lipinski definition) is 6. The summed E-state index contributed by atoms with van der Waals surface area (Å²) in [6.07, 6.45) is 3.65. The lowest BCUT2D eigenvalue weighted by atomic mass is 9.95. The first-order chi connectivity index (χ1) is 15.9. The lowest BCUT2D eigenvalue weighted by Crippen LogP contribution is -2.07. The Kier molecular flexibility index (Phi) is 5.09. The van der Waals surface area contributed by atoms with Crippen LogP contribution in [0, 0.1) is 24.0 Å². The smallest absolute Gasteiger partial charge is 0.223 e. The van der Waals surface area contributed by atoms with Gasteiger partial charge in [-0.1, -0.05) is 11.3 Å². The first kappa shape index (κ1) is 21.1. The molecule has 7 nitrogen and oxygen atoms in total. The zero-order chi connectivity index (χ0) is 23.3. The van der Waals surface area contributed by atoms with E-state index in [1.54, 1.807) is 6.20 Å². The number of nitrogens with one attached hydrogen (secondary N) is 2. The highest BCUT2D eigenvalue weighted by Crippen LogP contribution is 2.44. The van der Waals surface area contributed by atoms with E-state index in [2.05, 4.69) is 15.3 Å². The molecule has 0 saturated heterocycles. The Balaban J connectivity index is 1.76. The van der Waals surface area contributed by atoms with Gasteiger partial charge in [0.25, 0.3) is 0 Å². The van der Waals surface area contributed by atoms with Crippen molar-refractivity contribution >= 4 is 28.6 Å². The van der Waals surface area contributed by atoms with Crippen LogP contribution in [0.2, 0.25) is 0 Å². The molecule has 0 unspecified atom stereocenters. The second-order valence-corrected chi connectivity index (χ2v) is 8.72. The van der Waals surface area contributed by atoms with Crippen molar-refractivity contribution in [1.29, 1.82) is 5.41 Å². The Morgan fingerprint density at radius 3 is 2.64 bits per heavy atom. The molecule has 0 fully saturated rings. The van der Waals surface area contributed by atoms with Crippen molar-refractivity contribution in [3.8, 4) is 27.5 Å². The number of benzene rings is 1. The third-order valence-electron chi connectivity index (χ3n) is 5.43. The molecule has 33 heavy (non-hydrogen) atoms. The van der Waals surface area contributed by atoms with E-state index in [0.29, 0.717) is 35.6 Å². The number of amides is 1. The number of thiazole rings is 1. The number of rotatable bonds is 4. The number of carbonyl (C=O) groups is 1. The van der Waals surface area contributed by atoms with Crippen LogP contribution in [0.25, 0.3) is 27.5 Å². The Bertz CT molecular complexity index is 1400. The molecule has 1 aliphatic rings. The Morgan fingerprint density at radius 2 is 2.00 bits per heavy atom. The van der Waals surface area contributed by atoms with Crippen molar-refractivity contribution in [3.63, 3.8) is 0 Å². The molecule has 5 rings (SSSR count).